The molecular formula is C17H22FNO4. The third-order valence-electron chi connectivity index (χ3n) is 4.51. The van der Waals surface area contributed by atoms with Crippen molar-refractivity contribution >= 4 is 11.9 Å². The van der Waals surface area contributed by atoms with Gasteiger partial charge in [-0.05, 0) is 37.5 Å². The first-order chi connectivity index (χ1) is 10.9. The molecular weight excluding hydrogens is 301 g/mol. The van der Waals surface area contributed by atoms with Crippen molar-refractivity contribution in [3.8, 4) is 5.75 Å². The molecule has 1 saturated carbocycles. The number of methoxy groups -OCH3 is 1. The molecule has 0 aliphatic heterocycles. The predicted octanol–water partition coefficient (Wildman–Crippen LogP) is 2.53. The first-order valence-corrected chi connectivity index (χ1v) is 7.72. The van der Waals surface area contributed by atoms with Crippen molar-refractivity contribution in [2.45, 2.75) is 44.6 Å². The largest absolute Gasteiger partial charge is 0.494 e. The SMILES string of the molecule is COc1ccc(CC(=O)NC2(C)CCCCC2C(=O)O)cc1F. The van der Waals surface area contributed by atoms with Crippen molar-refractivity contribution in [2.24, 2.45) is 5.92 Å². The van der Waals surface area contributed by atoms with Crippen molar-refractivity contribution in [2.75, 3.05) is 7.11 Å². The van der Waals surface area contributed by atoms with E-state index in [1.54, 1.807) is 13.0 Å². The number of hydrogen-bond donors (Lipinski definition) is 2. The van der Waals surface area contributed by atoms with Crippen LogP contribution in [0.1, 0.15) is 38.2 Å². The minimum absolute atomic E-state index is 0.00282. The second kappa shape index (κ2) is 6.98. The summed E-state index contributed by atoms with van der Waals surface area (Å²) in [6, 6.07) is 4.36. The Hall–Kier alpha value is -2.11. The van der Waals surface area contributed by atoms with Crippen molar-refractivity contribution in [1.29, 1.82) is 0 Å². The Labute approximate surface area is 134 Å². The quantitative estimate of drug-likeness (QED) is 0.873. The molecule has 1 aliphatic carbocycles. The lowest BCUT2D eigenvalue weighted by molar-refractivity contribution is -0.146. The molecule has 0 spiro atoms. The average Bonchev–Trinajstić information content (AvgIpc) is 2.46. The minimum atomic E-state index is -0.886. The van der Waals surface area contributed by atoms with Gasteiger partial charge in [-0.15, -0.1) is 0 Å². The van der Waals surface area contributed by atoms with Gasteiger partial charge in [0.05, 0.1) is 25.0 Å². The number of amides is 1. The zero-order chi connectivity index (χ0) is 17.0. The zero-order valence-electron chi connectivity index (χ0n) is 13.4. The highest BCUT2D eigenvalue weighted by atomic mass is 19.1. The number of carbonyl (C=O) groups excluding carboxylic acids is 1. The fourth-order valence-electron chi connectivity index (χ4n) is 3.25. The van der Waals surface area contributed by atoms with E-state index in [2.05, 4.69) is 5.32 Å². The molecule has 2 N–H and O–H groups in total. The third kappa shape index (κ3) is 4.00. The van der Waals surface area contributed by atoms with E-state index in [0.29, 0.717) is 18.4 Å². The number of nitrogens with one attached hydrogen (secondary N) is 1. The molecule has 5 nitrogen and oxygen atoms in total. The third-order valence-corrected chi connectivity index (χ3v) is 4.51. The van der Waals surface area contributed by atoms with Crippen LogP contribution in [-0.4, -0.2) is 29.6 Å². The van der Waals surface area contributed by atoms with Crippen molar-refractivity contribution in [1.82, 2.24) is 5.32 Å². The molecule has 2 unspecified atom stereocenters. The van der Waals surface area contributed by atoms with Gasteiger partial charge in [-0.1, -0.05) is 18.9 Å². The van der Waals surface area contributed by atoms with Gasteiger partial charge < -0.3 is 15.2 Å². The number of benzene rings is 1. The first kappa shape index (κ1) is 17.2. The monoisotopic (exact) mass is 323 g/mol. The summed E-state index contributed by atoms with van der Waals surface area (Å²) in [5, 5.41) is 12.2. The van der Waals surface area contributed by atoms with Crippen LogP contribution in [0.3, 0.4) is 0 Å². The standard InChI is InChI=1S/C17H22FNO4/c1-17(8-4-3-5-12(17)16(21)22)19-15(20)10-11-6-7-14(23-2)13(18)9-11/h6-7,9,12H,3-5,8,10H2,1-2H3,(H,19,20)(H,21,22). The van der Waals surface area contributed by atoms with Crippen molar-refractivity contribution in [3.05, 3.63) is 29.6 Å². The maximum atomic E-state index is 13.7. The number of rotatable bonds is 5. The molecule has 6 heteroatoms. The van der Waals surface area contributed by atoms with Crippen LogP contribution in [0.4, 0.5) is 4.39 Å². The van der Waals surface area contributed by atoms with Crippen LogP contribution in [0.2, 0.25) is 0 Å². The van der Waals surface area contributed by atoms with E-state index in [0.717, 1.165) is 12.8 Å². The summed E-state index contributed by atoms with van der Waals surface area (Å²) in [7, 11) is 1.38. The first-order valence-electron chi connectivity index (χ1n) is 7.72. The Morgan fingerprint density at radius 2 is 2.17 bits per heavy atom. The molecule has 0 radical (unpaired) electrons. The lowest BCUT2D eigenvalue weighted by Crippen LogP contribution is -2.55. The van der Waals surface area contributed by atoms with E-state index in [1.807, 2.05) is 0 Å². The number of halogens is 1. The van der Waals surface area contributed by atoms with Crippen molar-refractivity contribution in [3.63, 3.8) is 0 Å². The molecule has 0 aromatic heterocycles. The second-order valence-corrected chi connectivity index (χ2v) is 6.25. The summed E-state index contributed by atoms with van der Waals surface area (Å²) < 4.78 is 18.5. The maximum Gasteiger partial charge on any atom is 0.308 e. The van der Waals surface area contributed by atoms with Crippen molar-refractivity contribution < 1.29 is 23.8 Å². The topological polar surface area (TPSA) is 75.6 Å². The predicted molar refractivity (Wildman–Crippen MR) is 82.8 cm³/mol. The highest BCUT2D eigenvalue weighted by Crippen LogP contribution is 2.34. The molecule has 1 aromatic rings. The van der Waals surface area contributed by atoms with Crippen LogP contribution in [0.25, 0.3) is 0 Å². The number of ether oxygens (including phenoxy) is 1. The fraction of sp³-hybridized carbons (Fsp3) is 0.529. The lowest BCUT2D eigenvalue weighted by atomic mass is 9.74. The highest BCUT2D eigenvalue weighted by molar-refractivity contribution is 5.81. The normalized spacial score (nSPS) is 24.0. The molecule has 1 aromatic carbocycles. The van der Waals surface area contributed by atoms with Crippen LogP contribution in [-0.2, 0) is 16.0 Å². The van der Waals surface area contributed by atoms with E-state index < -0.39 is 23.2 Å². The van der Waals surface area contributed by atoms with Crippen LogP contribution < -0.4 is 10.1 Å². The van der Waals surface area contributed by atoms with Gasteiger partial charge in [0.1, 0.15) is 0 Å². The van der Waals surface area contributed by atoms with E-state index in [4.69, 9.17) is 4.74 Å². The molecule has 0 heterocycles. The number of carboxylic acid groups (broad SMARTS) is 1. The molecule has 0 bridgehead atoms. The highest BCUT2D eigenvalue weighted by Gasteiger charge is 2.42. The summed E-state index contributed by atoms with van der Waals surface area (Å²) in [6.45, 7) is 1.78. The van der Waals surface area contributed by atoms with Crippen LogP contribution in [0, 0.1) is 11.7 Å². The molecule has 1 fully saturated rings. The zero-order valence-corrected chi connectivity index (χ0v) is 13.4. The Morgan fingerprint density at radius 1 is 1.43 bits per heavy atom. The summed E-state index contributed by atoms with van der Waals surface area (Å²) in [4.78, 5) is 23.7. The van der Waals surface area contributed by atoms with Gasteiger partial charge in [0.15, 0.2) is 11.6 Å². The summed E-state index contributed by atoms with van der Waals surface area (Å²) in [5.74, 6) is -2.18. The average molecular weight is 323 g/mol. The van der Waals surface area contributed by atoms with Crippen LogP contribution >= 0.6 is 0 Å². The number of carbonyl (C=O) groups is 2. The lowest BCUT2D eigenvalue weighted by Gasteiger charge is -2.39. The van der Waals surface area contributed by atoms with Gasteiger partial charge in [-0.2, -0.15) is 0 Å². The number of carboxylic acids is 1. The van der Waals surface area contributed by atoms with E-state index in [-0.39, 0.29) is 18.1 Å². The molecule has 1 aliphatic rings. The van der Waals surface area contributed by atoms with Gasteiger partial charge in [0.2, 0.25) is 5.91 Å². The molecule has 2 rings (SSSR count). The van der Waals surface area contributed by atoms with Crippen LogP contribution in [0.15, 0.2) is 18.2 Å². The molecule has 1 amide bonds. The second-order valence-electron chi connectivity index (χ2n) is 6.25. The summed E-state index contributed by atoms with van der Waals surface area (Å²) in [6.07, 6.45) is 2.93. The fourth-order valence-corrected chi connectivity index (χ4v) is 3.25. The van der Waals surface area contributed by atoms with Gasteiger partial charge in [0.25, 0.3) is 0 Å². The maximum absolute atomic E-state index is 13.7. The smallest absolute Gasteiger partial charge is 0.308 e. The van der Waals surface area contributed by atoms with E-state index in [9.17, 15) is 19.1 Å². The Kier molecular flexibility index (Phi) is 5.23. The van der Waals surface area contributed by atoms with E-state index in [1.165, 1.54) is 19.2 Å². The van der Waals surface area contributed by atoms with Gasteiger partial charge in [-0.25, -0.2) is 4.39 Å². The Balaban J connectivity index is 2.06. The van der Waals surface area contributed by atoms with Gasteiger partial charge >= 0.3 is 5.97 Å². The van der Waals surface area contributed by atoms with Gasteiger partial charge in [-0.3, -0.25) is 9.59 Å². The van der Waals surface area contributed by atoms with Crippen LogP contribution in [0.5, 0.6) is 5.75 Å². The van der Waals surface area contributed by atoms with Gasteiger partial charge in [0, 0.05) is 0 Å². The molecule has 0 saturated heterocycles. The molecule has 23 heavy (non-hydrogen) atoms. The summed E-state index contributed by atoms with van der Waals surface area (Å²) in [5.41, 5.74) is -0.237. The molecule has 2 atom stereocenters. The Bertz CT molecular complexity index is 604. The number of hydrogen-bond acceptors (Lipinski definition) is 3. The number of aliphatic carboxylic acids is 1. The Morgan fingerprint density at radius 3 is 2.78 bits per heavy atom. The molecule has 126 valence electrons. The van der Waals surface area contributed by atoms with E-state index >= 15 is 0 Å². The minimum Gasteiger partial charge on any atom is -0.494 e. The summed E-state index contributed by atoms with van der Waals surface area (Å²) >= 11 is 0.